The minimum atomic E-state index is 0.189. The first-order valence-corrected chi connectivity index (χ1v) is 6.90. The first-order chi connectivity index (χ1) is 9.65. The number of nitrogens with zero attached hydrogens (tertiary/aromatic N) is 2. The molecule has 0 aliphatic heterocycles. The Morgan fingerprint density at radius 2 is 2.05 bits per heavy atom. The van der Waals surface area contributed by atoms with Gasteiger partial charge in [-0.25, -0.2) is 9.97 Å². The van der Waals surface area contributed by atoms with Crippen LogP contribution >= 0.6 is 0 Å². The van der Waals surface area contributed by atoms with Crippen LogP contribution in [0, 0.1) is 0 Å². The molecule has 2 rings (SSSR count). The second-order valence-electron chi connectivity index (χ2n) is 5.04. The van der Waals surface area contributed by atoms with Crippen molar-refractivity contribution in [2.45, 2.75) is 39.5 Å². The summed E-state index contributed by atoms with van der Waals surface area (Å²) in [4.78, 5) is 8.12. The Labute approximate surface area is 120 Å². The van der Waals surface area contributed by atoms with Crippen LogP contribution in [0.3, 0.4) is 0 Å². The van der Waals surface area contributed by atoms with E-state index < -0.39 is 0 Å². The van der Waals surface area contributed by atoms with Gasteiger partial charge in [-0.05, 0) is 44.5 Å². The second-order valence-corrected chi connectivity index (χ2v) is 5.04. The summed E-state index contributed by atoms with van der Waals surface area (Å²) in [5.41, 5.74) is 2.19. The lowest BCUT2D eigenvalue weighted by Crippen LogP contribution is -2.19. The van der Waals surface area contributed by atoms with Crippen LogP contribution in [0.1, 0.15) is 38.1 Å². The molecule has 1 N–H and O–H groups in total. The Kier molecular flexibility index (Phi) is 5.07. The fraction of sp³-hybridized carbons (Fsp3) is 0.375. The number of rotatable bonds is 6. The average Bonchev–Trinajstić information content (AvgIpc) is 2.45. The van der Waals surface area contributed by atoms with E-state index in [1.807, 2.05) is 32.0 Å². The maximum absolute atomic E-state index is 5.72. The molecule has 20 heavy (non-hydrogen) atoms. The van der Waals surface area contributed by atoms with Crippen LogP contribution in [-0.4, -0.2) is 16.1 Å². The first-order valence-electron chi connectivity index (χ1n) is 6.90. The average molecular weight is 271 g/mol. The van der Waals surface area contributed by atoms with E-state index in [-0.39, 0.29) is 12.1 Å². The van der Waals surface area contributed by atoms with E-state index in [1.165, 1.54) is 5.56 Å². The summed E-state index contributed by atoms with van der Waals surface area (Å²) >= 11 is 0. The Hall–Kier alpha value is -1.94. The van der Waals surface area contributed by atoms with Gasteiger partial charge in [0.25, 0.3) is 0 Å². The molecule has 1 aromatic heterocycles. The number of benzene rings is 1. The van der Waals surface area contributed by atoms with Gasteiger partial charge < -0.3 is 10.1 Å². The van der Waals surface area contributed by atoms with Gasteiger partial charge in [0.2, 0.25) is 0 Å². The lowest BCUT2D eigenvalue weighted by Gasteiger charge is -2.16. The fourth-order valence-electron chi connectivity index (χ4n) is 1.93. The lowest BCUT2D eigenvalue weighted by atomic mass is 10.1. The van der Waals surface area contributed by atoms with E-state index in [9.17, 15) is 0 Å². The normalized spacial score (nSPS) is 12.4. The number of ether oxygens (including phenoxy) is 1. The molecule has 1 aromatic carbocycles. The largest absolute Gasteiger partial charge is 0.491 e. The molecular weight excluding hydrogens is 250 g/mol. The highest BCUT2D eigenvalue weighted by atomic mass is 16.5. The van der Waals surface area contributed by atoms with E-state index in [0.717, 1.165) is 18.0 Å². The van der Waals surface area contributed by atoms with Crippen molar-refractivity contribution in [1.29, 1.82) is 0 Å². The van der Waals surface area contributed by atoms with Gasteiger partial charge in [0.05, 0.1) is 11.8 Å². The minimum Gasteiger partial charge on any atom is -0.491 e. The van der Waals surface area contributed by atoms with Gasteiger partial charge in [-0.15, -0.1) is 0 Å². The summed E-state index contributed by atoms with van der Waals surface area (Å²) in [6.07, 6.45) is 3.51. The number of nitrogens with one attached hydrogen (secondary N) is 1. The van der Waals surface area contributed by atoms with Crippen LogP contribution in [0.25, 0.3) is 0 Å². The van der Waals surface area contributed by atoms with Gasteiger partial charge in [0, 0.05) is 18.8 Å². The van der Waals surface area contributed by atoms with Crippen molar-refractivity contribution >= 4 is 0 Å². The van der Waals surface area contributed by atoms with E-state index in [2.05, 4.69) is 34.3 Å². The maximum atomic E-state index is 5.72. The van der Waals surface area contributed by atoms with E-state index in [0.29, 0.717) is 0 Å². The molecule has 4 heteroatoms. The number of aromatic nitrogens is 2. The Balaban J connectivity index is 1.96. The van der Waals surface area contributed by atoms with Gasteiger partial charge in [-0.1, -0.05) is 12.1 Å². The predicted molar refractivity (Wildman–Crippen MR) is 79.5 cm³/mol. The third-order valence-corrected chi connectivity index (χ3v) is 2.96. The fourth-order valence-corrected chi connectivity index (χ4v) is 1.93. The topological polar surface area (TPSA) is 47.0 Å². The molecule has 1 atom stereocenters. The third-order valence-electron chi connectivity index (χ3n) is 2.96. The third kappa shape index (κ3) is 4.31. The molecule has 0 radical (unpaired) electrons. The van der Waals surface area contributed by atoms with Crippen LogP contribution in [-0.2, 0) is 6.54 Å². The zero-order valence-corrected chi connectivity index (χ0v) is 12.2. The van der Waals surface area contributed by atoms with Gasteiger partial charge in [0.15, 0.2) is 0 Å². The van der Waals surface area contributed by atoms with Crippen molar-refractivity contribution in [3.05, 3.63) is 54.1 Å². The lowest BCUT2D eigenvalue weighted by molar-refractivity contribution is 0.242. The molecule has 0 bridgehead atoms. The molecule has 0 saturated heterocycles. The highest BCUT2D eigenvalue weighted by Crippen LogP contribution is 2.20. The highest BCUT2D eigenvalue weighted by molar-refractivity contribution is 5.30. The highest BCUT2D eigenvalue weighted by Gasteiger charge is 2.07. The molecule has 106 valence electrons. The molecule has 2 aromatic rings. The van der Waals surface area contributed by atoms with E-state index in [4.69, 9.17) is 4.74 Å². The standard InChI is InChI=1S/C16H21N3O/c1-12(2)20-16-6-4-5-14(9-16)13(3)18-10-15-7-8-17-11-19-15/h4-9,11-13,18H,10H2,1-3H3. The zero-order valence-electron chi connectivity index (χ0n) is 12.2. The minimum absolute atomic E-state index is 0.189. The molecule has 4 nitrogen and oxygen atoms in total. The monoisotopic (exact) mass is 271 g/mol. The van der Waals surface area contributed by atoms with Crippen LogP contribution < -0.4 is 10.1 Å². The molecular formula is C16H21N3O. The van der Waals surface area contributed by atoms with E-state index in [1.54, 1.807) is 12.5 Å². The number of hydrogen-bond acceptors (Lipinski definition) is 4. The molecule has 1 heterocycles. The zero-order chi connectivity index (χ0) is 14.4. The Morgan fingerprint density at radius 3 is 2.75 bits per heavy atom. The van der Waals surface area contributed by atoms with Crippen molar-refractivity contribution in [2.24, 2.45) is 0 Å². The smallest absolute Gasteiger partial charge is 0.120 e. The van der Waals surface area contributed by atoms with Gasteiger partial charge >= 0.3 is 0 Å². The quantitative estimate of drug-likeness (QED) is 0.877. The summed E-state index contributed by atoms with van der Waals surface area (Å²) in [6.45, 7) is 6.92. The van der Waals surface area contributed by atoms with Crippen molar-refractivity contribution in [1.82, 2.24) is 15.3 Å². The van der Waals surface area contributed by atoms with Crippen molar-refractivity contribution in [2.75, 3.05) is 0 Å². The van der Waals surface area contributed by atoms with Crippen molar-refractivity contribution < 1.29 is 4.74 Å². The molecule has 0 amide bonds. The van der Waals surface area contributed by atoms with Crippen molar-refractivity contribution in [3.63, 3.8) is 0 Å². The summed E-state index contributed by atoms with van der Waals surface area (Å²) in [7, 11) is 0. The summed E-state index contributed by atoms with van der Waals surface area (Å²) < 4.78 is 5.72. The van der Waals surface area contributed by atoms with Crippen LogP contribution in [0.2, 0.25) is 0 Å². The molecule has 0 aliphatic rings. The van der Waals surface area contributed by atoms with Crippen molar-refractivity contribution in [3.8, 4) is 5.75 Å². The van der Waals surface area contributed by atoms with E-state index >= 15 is 0 Å². The maximum Gasteiger partial charge on any atom is 0.120 e. The molecule has 0 aliphatic carbocycles. The van der Waals surface area contributed by atoms with Gasteiger partial charge in [-0.3, -0.25) is 0 Å². The van der Waals surface area contributed by atoms with Gasteiger partial charge in [-0.2, -0.15) is 0 Å². The first kappa shape index (κ1) is 14.5. The second kappa shape index (κ2) is 7.01. The Morgan fingerprint density at radius 1 is 1.20 bits per heavy atom. The molecule has 1 unspecified atom stereocenters. The summed E-state index contributed by atoms with van der Waals surface area (Å²) in [6, 6.07) is 10.3. The van der Waals surface area contributed by atoms with Crippen LogP contribution in [0.15, 0.2) is 42.9 Å². The summed E-state index contributed by atoms with van der Waals surface area (Å²) in [5, 5.41) is 3.45. The molecule has 0 spiro atoms. The van der Waals surface area contributed by atoms with Gasteiger partial charge in [0.1, 0.15) is 12.1 Å². The Bertz CT molecular complexity index is 528. The molecule has 0 fully saturated rings. The predicted octanol–water partition coefficient (Wildman–Crippen LogP) is 3.11. The summed E-state index contributed by atoms with van der Waals surface area (Å²) in [5.74, 6) is 0.910. The van der Waals surface area contributed by atoms with Crippen LogP contribution in [0.4, 0.5) is 0 Å². The number of hydrogen-bond donors (Lipinski definition) is 1. The molecule has 0 saturated carbocycles. The van der Waals surface area contributed by atoms with Crippen LogP contribution in [0.5, 0.6) is 5.75 Å². The SMILES string of the molecule is CC(C)Oc1cccc(C(C)NCc2ccncn2)c1.